The Kier molecular flexibility index (Phi) is 5.36. The first-order valence-corrected chi connectivity index (χ1v) is 10.0. The Morgan fingerprint density at radius 2 is 1.83 bits per heavy atom. The van der Waals surface area contributed by atoms with E-state index in [0.717, 1.165) is 53.6 Å². The summed E-state index contributed by atoms with van der Waals surface area (Å²) in [6.07, 6.45) is 0. The number of ether oxygens (including phenoxy) is 1. The van der Waals surface area contributed by atoms with Crippen LogP contribution in [0.5, 0.6) is 5.75 Å². The summed E-state index contributed by atoms with van der Waals surface area (Å²) in [6.45, 7) is 9.21. The molecular formula is C23H27N5O. The molecule has 0 amide bonds. The number of nitrogens with one attached hydrogen (secondary N) is 1. The number of fused-ring (bicyclic) bond motifs is 3. The third kappa shape index (κ3) is 3.76. The van der Waals surface area contributed by atoms with Crippen molar-refractivity contribution in [3.8, 4) is 5.75 Å². The number of hydrogen-bond acceptors (Lipinski definition) is 5. The quantitative estimate of drug-likeness (QED) is 0.493. The van der Waals surface area contributed by atoms with Gasteiger partial charge in [-0.15, -0.1) is 0 Å². The monoisotopic (exact) mass is 389 g/mol. The number of aromatic nitrogens is 3. The number of methoxy groups -OCH3 is 1. The maximum atomic E-state index is 5.60. The zero-order valence-electron chi connectivity index (χ0n) is 17.4. The van der Waals surface area contributed by atoms with Crippen molar-refractivity contribution in [1.29, 1.82) is 0 Å². The van der Waals surface area contributed by atoms with Gasteiger partial charge in [0.05, 0.1) is 18.1 Å². The molecule has 0 fully saturated rings. The van der Waals surface area contributed by atoms with Gasteiger partial charge in [-0.3, -0.25) is 9.30 Å². The number of nitrogens with zero attached hydrogens (tertiary/aromatic N) is 4. The summed E-state index contributed by atoms with van der Waals surface area (Å²) >= 11 is 0. The number of anilines is 2. The van der Waals surface area contributed by atoms with E-state index < -0.39 is 0 Å². The van der Waals surface area contributed by atoms with Crippen molar-refractivity contribution in [3.05, 3.63) is 59.8 Å². The van der Waals surface area contributed by atoms with Gasteiger partial charge in [-0.2, -0.15) is 0 Å². The molecule has 0 radical (unpaired) electrons. The van der Waals surface area contributed by atoms with Crippen molar-refractivity contribution in [1.82, 2.24) is 19.3 Å². The van der Waals surface area contributed by atoms with Gasteiger partial charge in [0.1, 0.15) is 11.6 Å². The maximum Gasteiger partial charge on any atom is 0.236 e. The molecular weight excluding hydrogens is 362 g/mol. The van der Waals surface area contributed by atoms with Gasteiger partial charge in [-0.25, -0.2) is 9.97 Å². The largest absolute Gasteiger partial charge is 0.496 e. The zero-order valence-corrected chi connectivity index (χ0v) is 17.4. The Morgan fingerprint density at radius 1 is 1.03 bits per heavy atom. The van der Waals surface area contributed by atoms with Crippen LogP contribution in [0.25, 0.3) is 16.8 Å². The Morgan fingerprint density at radius 3 is 2.59 bits per heavy atom. The molecule has 6 nitrogen and oxygen atoms in total. The van der Waals surface area contributed by atoms with E-state index in [0.29, 0.717) is 5.78 Å². The van der Waals surface area contributed by atoms with E-state index in [1.807, 2.05) is 37.3 Å². The molecule has 0 bridgehead atoms. The SMILES string of the molecule is CCN(CC)Cc1cc(Nc2cc(C)nc3nc4ccccc4n23)ccc1OC. The number of hydrogen-bond donors (Lipinski definition) is 1. The van der Waals surface area contributed by atoms with Crippen LogP contribution in [0, 0.1) is 6.92 Å². The number of imidazole rings is 1. The van der Waals surface area contributed by atoms with Crippen LogP contribution in [0.2, 0.25) is 0 Å². The fraction of sp³-hybridized carbons (Fsp3) is 0.304. The molecule has 2 aromatic heterocycles. The first kappa shape index (κ1) is 19.2. The molecule has 2 aromatic carbocycles. The average molecular weight is 390 g/mol. The van der Waals surface area contributed by atoms with E-state index in [4.69, 9.17) is 4.74 Å². The van der Waals surface area contributed by atoms with E-state index in [1.165, 1.54) is 5.56 Å². The molecule has 2 heterocycles. The van der Waals surface area contributed by atoms with Crippen LogP contribution in [0.1, 0.15) is 25.1 Å². The lowest BCUT2D eigenvalue weighted by Crippen LogP contribution is -2.22. The van der Waals surface area contributed by atoms with Crippen molar-refractivity contribution < 1.29 is 4.74 Å². The van der Waals surface area contributed by atoms with Gasteiger partial charge < -0.3 is 10.1 Å². The Labute approximate surface area is 171 Å². The molecule has 0 spiro atoms. The molecule has 150 valence electrons. The Hall–Kier alpha value is -3.12. The summed E-state index contributed by atoms with van der Waals surface area (Å²) in [6, 6.07) is 16.4. The lowest BCUT2D eigenvalue weighted by molar-refractivity contribution is 0.289. The van der Waals surface area contributed by atoms with Gasteiger partial charge >= 0.3 is 0 Å². The highest BCUT2D eigenvalue weighted by molar-refractivity contribution is 5.82. The van der Waals surface area contributed by atoms with Crippen LogP contribution >= 0.6 is 0 Å². The second kappa shape index (κ2) is 8.09. The first-order chi connectivity index (χ1) is 14.1. The molecule has 0 aliphatic heterocycles. The van der Waals surface area contributed by atoms with Crippen LogP contribution < -0.4 is 10.1 Å². The number of rotatable bonds is 7. The van der Waals surface area contributed by atoms with Crippen LogP contribution in [0.15, 0.2) is 48.5 Å². The van der Waals surface area contributed by atoms with Crippen LogP contribution in [-0.4, -0.2) is 39.5 Å². The molecule has 0 aliphatic rings. The highest BCUT2D eigenvalue weighted by atomic mass is 16.5. The molecule has 29 heavy (non-hydrogen) atoms. The standard InChI is InChI=1S/C23H27N5O/c1-5-27(6-2)15-17-14-18(11-12-21(17)29-4)25-22-13-16(3)24-23-26-19-9-7-8-10-20(19)28(22)23/h7-14,25H,5-6,15H2,1-4H3. The van der Waals surface area contributed by atoms with E-state index >= 15 is 0 Å². The average Bonchev–Trinajstić information content (AvgIpc) is 3.10. The Balaban J connectivity index is 1.77. The van der Waals surface area contributed by atoms with Crippen molar-refractivity contribution in [2.45, 2.75) is 27.3 Å². The summed E-state index contributed by atoms with van der Waals surface area (Å²) in [4.78, 5) is 11.7. The smallest absolute Gasteiger partial charge is 0.236 e. The predicted molar refractivity (Wildman–Crippen MR) is 118 cm³/mol. The van der Waals surface area contributed by atoms with Crippen molar-refractivity contribution in [2.75, 3.05) is 25.5 Å². The highest BCUT2D eigenvalue weighted by Crippen LogP contribution is 2.28. The second-order valence-corrected chi connectivity index (χ2v) is 7.13. The third-order valence-electron chi connectivity index (χ3n) is 5.25. The molecule has 1 N–H and O–H groups in total. The summed E-state index contributed by atoms with van der Waals surface area (Å²) < 4.78 is 7.66. The van der Waals surface area contributed by atoms with Gasteiger partial charge in [-0.05, 0) is 50.3 Å². The molecule has 6 heteroatoms. The molecule has 0 unspecified atom stereocenters. The van der Waals surface area contributed by atoms with E-state index in [2.05, 4.69) is 56.6 Å². The highest BCUT2D eigenvalue weighted by Gasteiger charge is 2.12. The Bertz CT molecular complexity index is 1150. The normalized spacial score (nSPS) is 11.5. The first-order valence-electron chi connectivity index (χ1n) is 10.0. The minimum absolute atomic E-state index is 0.700. The second-order valence-electron chi connectivity index (χ2n) is 7.13. The van der Waals surface area contributed by atoms with Crippen LogP contribution in [0.4, 0.5) is 11.5 Å². The van der Waals surface area contributed by atoms with Crippen molar-refractivity contribution >= 4 is 28.3 Å². The minimum atomic E-state index is 0.700. The maximum absolute atomic E-state index is 5.60. The predicted octanol–water partition coefficient (Wildman–Crippen LogP) is 4.78. The molecule has 4 rings (SSSR count). The number of aryl methyl sites for hydroxylation is 1. The lowest BCUT2D eigenvalue weighted by atomic mass is 10.1. The summed E-state index contributed by atoms with van der Waals surface area (Å²) in [7, 11) is 1.72. The van der Waals surface area contributed by atoms with Crippen molar-refractivity contribution in [2.24, 2.45) is 0 Å². The van der Waals surface area contributed by atoms with Gasteiger partial charge in [-0.1, -0.05) is 26.0 Å². The molecule has 4 aromatic rings. The van der Waals surface area contributed by atoms with Gasteiger partial charge in [0, 0.05) is 29.6 Å². The lowest BCUT2D eigenvalue weighted by Gasteiger charge is -2.20. The van der Waals surface area contributed by atoms with E-state index in [1.54, 1.807) is 7.11 Å². The number of para-hydroxylation sites is 2. The van der Waals surface area contributed by atoms with E-state index in [-0.39, 0.29) is 0 Å². The van der Waals surface area contributed by atoms with Gasteiger partial charge in [0.2, 0.25) is 5.78 Å². The van der Waals surface area contributed by atoms with Gasteiger partial charge in [0.25, 0.3) is 0 Å². The van der Waals surface area contributed by atoms with Crippen molar-refractivity contribution in [3.63, 3.8) is 0 Å². The molecule has 0 saturated heterocycles. The molecule has 0 saturated carbocycles. The zero-order chi connectivity index (χ0) is 20.4. The minimum Gasteiger partial charge on any atom is -0.496 e. The topological polar surface area (TPSA) is 54.7 Å². The fourth-order valence-corrected chi connectivity index (χ4v) is 3.69. The van der Waals surface area contributed by atoms with Crippen LogP contribution in [0.3, 0.4) is 0 Å². The number of benzene rings is 2. The fourth-order valence-electron chi connectivity index (χ4n) is 3.69. The van der Waals surface area contributed by atoms with Gasteiger partial charge in [0.15, 0.2) is 0 Å². The molecule has 0 atom stereocenters. The summed E-state index contributed by atoms with van der Waals surface area (Å²) in [5.41, 5.74) is 5.07. The van der Waals surface area contributed by atoms with E-state index in [9.17, 15) is 0 Å². The summed E-state index contributed by atoms with van der Waals surface area (Å²) in [5.74, 6) is 2.55. The third-order valence-corrected chi connectivity index (χ3v) is 5.25. The molecule has 0 aliphatic carbocycles. The van der Waals surface area contributed by atoms with Crippen LogP contribution in [-0.2, 0) is 6.54 Å². The summed E-state index contributed by atoms with van der Waals surface area (Å²) in [5, 5.41) is 3.58.